The highest BCUT2D eigenvalue weighted by atomic mass is 79.9. The average molecular weight is 391 g/mol. The molecule has 1 amide bonds. The molecule has 0 atom stereocenters. The zero-order chi connectivity index (χ0) is 13.8. The Kier molecular flexibility index (Phi) is 5.28. The molecule has 0 radical (unpaired) electrons. The summed E-state index contributed by atoms with van der Waals surface area (Å²) in [6.45, 7) is 2.03. The van der Waals surface area contributed by atoms with E-state index in [1.165, 1.54) is 12.8 Å². The smallest absolute Gasteiger partial charge is 0.258 e. The van der Waals surface area contributed by atoms with Gasteiger partial charge in [-0.05, 0) is 53.4 Å². The molecular formula is C14H17Br2NO2. The molecule has 0 spiro atoms. The van der Waals surface area contributed by atoms with E-state index in [-0.39, 0.29) is 12.5 Å². The van der Waals surface area contributed by atoms with Gasteiger partial charge in [0, 0.05) is 10.5 Å². The van der Waals surface area contributed by atoms with Crippen LogP contribution in [-0.4, -0.2) is 18.6 Å². The lowest BCUT2D eigenvalue weighted by molar-refractivity contribution is -0.123. The Hall–Kier alpha value is -0.550. The molecule has 5 heteroatoms. The zero-order valence-electron chi connectivity index (χ0n) is 10.8. The van der Waals surface area contributed by atoms with Gasteiger partial charge in [0.25, 0.3) is 5.91 Å². The third-order valence-electron chi connectivity index (χ3n) is 3.26. The number of halogens is 2. The van der Waals surface area contributed by atoms with Gasteiger partial charge in [0.05, 0.1) is 4.47 Å². The quantitative estimate of drug-likeness (QED) is 0.844. The van der Waals surface area contributed by atoms with Crippen molar-refractivity contribution >= 4 is 37.8 Å². The molecule has 0 aromatic heterocycles. The van der Waals surface area contributed by atoms with Crippen molar-refractivity contribution in [2.75, 3.05) is 6.61 Å². The molecular weight excluding hydrogens is 374 g/mol. The average Bonchev–Trinajstić information content (AvgIpc) is 2.80. The van der Waals surface area contributed by atoms with E-state index < -0.39 is 0 Å². The normalized spacial score (nSPS) is 15.5. The van der Waals surface area contributed by atoms with Crippen LogP contribution >= 0.6 is 31.9 Å². The second-order valence-corrected chi connectivity index (χ2v) is 6.64. The first-order valence-electron chi connectivity index (χ1n) is 6.44. The van der Waals surface area contributed by atoms with Gasteiger partial charge in [-0.3, -0.25) is 4.79 Å². The van der Waals surface area contributed by atoms with Gasteiger partial charge in [0.2, 0.25) is 0 Å². The predicted molar refractivity (Wildman–Crippen MR) is 82.5 cm³/mol. The number of carbonyl (C=O) groups is 1. The minimum atomic E-state index is -0.0406. The van der Waals surface area contributed by atoms with E-state index in [1.54, 1.807) is 0 Å². The van der Waals surface area contributed by atoms with Crippen LogP contribution in [0, 0.1) is 6.92 Å². The van der Waals surface area contributed by atoms with Crippen molar-refractivity contribution in [1.82, 2.24) is 5.32 Å². The fourth-order valence-electron chi connectivity index (χ4n) is 2.35. The molecule has 0 heterocycles. The molecule has 1 aromatic rings. The molecule has 2 rings (SSSR count). The summed E-state index contributed by atoms with van der Waals surface area (Å²) in [5, 5.41) is 3.01. The Labute approximate surface area is 130 Å². The van der Waals surface area contributed by atoms with Crippen LogP contribution in [0.25, 0.3) is 0 Å². The molecule has 104 valence electrons. The first kappa shape index (κ1) is 14.9. The third kappa shape index (κ3) is 4.21. The van der Waals surface area contributed by atoms with E-state index in [9.17, 15) is 4.79 Å². The first-order chi connectivity index (χ1) is 9.06. The minimum Gasteiger partial charge on any atom is -0.482 e. The summed E-state index contributed by atoms with van der Waals surface area (Å²) in [6.07, 6.45) is 4.60. The number of nitrogens with one attached hydrogen (secondary N) is 1. The zero-order valence-corrected chi connectivity index (χ0v) is 14.0. The highest BCUT2D eigenvalue weighted by Gasteiger charge is 2.17. The minimum absolute atomic E-state index is 0.0406. The van der Waals surface area contributed by atoms with Gasteiger partial charge in [-0.15, -0.1) is 0 Å². The Morgan fingerprint density at radius 1 is 1.37 bits per heavy atom. The van der Waals surface area contributed by atoms with Crippen LogP contribution in [0.5, 0.6) is 5.75 Å². The molecule has 0 bridgehead atoms. The summed E-state index contributed by atoms with van der Waals surface area (Å²) in [5.41, 5.74) is 0.995. The molecule has 1 aliphatic carbocycles. The number of ether oxygens (including phenoxy) is 1. The van der Waals surface area contributed by atoms with Crippen molar-refractivity contribution in [1.29, 1.82) is 0 Å². The third-order valence-corrected chi connectivity index (χ3v) is 4.31. The molecule has 1 fully saturated rings. The Morgan fingerprint density at radius 2 is 2.05 bits per heavy atom. The maximum Gasteiger partial charge on any atom is 0.258 e. The van der Waals surface area contributed by atoms with Crippen LogP contribution in [0.4, 0.5) is 0 Å². The fraction of sp³-hybridized carbons (Fsp3) is 0.500. The van der Waals surface area contributed by atoms with Gasteiger partial charge in [-0.1, -0.05) is 28.8 Å². The van der Waals surface area contributed by atoms with Gasteiger partial charge in [0.1, 0.15) is 5.75 Å². The van der Waals surface area contributed by atoms with Crippen LogP contribution < -0.4 is 10.1 Å². The first-order valence-corrected chi connectivity index (χ1v) is 8.02. The summed E-state index contributed by atoms with van der Waals surface area (Å²) >= 11 is 6.87. The van der Waals surface area contributed by atoms with Crippen molar-refractivity contribution in [2.45, 2.75) is 38.6 Å². The lowest BCUT2D eigenvalue weighted by atomic mass is 10.2. The van der Waals surface area contributed by atoms with Crippen LogP contribution in [0.3, 0.4) is 0 Å². The molecule has 1 saturated carbocycles. The fourth-order valence-corrected chi connectivity index (χ4v) is 3.90. The van der Waals surface area contributed by atoms with Crippen LogP contribution in [0.15, 0.2) is 21.1 Å². The van der Waals surface area contributed by atoms with Crippen molar-refractivity contribution in [3.8, 4) is 5.75 Å². The van der Waals surface area contributed by atoms with Crippen LogP contribution in [0.1, 0.15) is 31.2 Å². The van der Waals surface area contributed by atoms with Gasteiger partial charge < -0.3 is 10.1 Å². The van der Waals surface area contributed by atoms with E-state index in [1.807, 2.05) is 19.1 Å². The summed E-state index contributed by atoms with van der Waals surface area (Å²) in [5.74, 6) is 0.686. The number of rotatable bonds is 4. The van der Waals surface area contributed by atoms with Crippen molar-refractivity contribution < 1.29 is 9.53 Å². The van der Waals surface area contributed by atoms with Gasteiger partial charge >= 0.3 is 0 Å². The number of carbonyl (C=O) groups excluding carboxylic acids is 1. The Morgan fingerprint density at radius 3 is 2.68 bits per heavy atom. The monoisotopic (exact) mass is 389 g/mol. The lowest BCUT2D eigenvalue weighted by Gasteiger charge is -2.14. The van der Waals surface area contributed by atoms with Crippen molar-refractivity contribution in [3.05, 3.63) is 26.6 Å². The molecule has 1 N–H and O–H groups in total. The Balaban J connectivity index is 1.89. The standard InChI is InChI=1S/C14H17Br2NO2/c1-9-6-10(15)7-12(16)14(9)19-8-13(18)17-11-4-2-3-5-11/h6-7,11H,2-5,8H2,1H3,(H,17,18). The van der Waals surface area contributed by atoms with E-state index >= 15 is 0 Å². The molecule has 3 nitrogen and oxygen atoms in total. The summed E-state index contributed by atoms with van der Waals surface area (Å²) in [6, 6.07) is 4.22. The lowest BCUT2D eigenvalue weighted by Crippen LogP contribution is -2.36. The van der Waals surface area contributed by atoms with E-state index in [0.717, 1.165) is 33.1 Å². The Bertz CT molecular complexity index is 448. The van der Waals surface area contributed by atoms with Gasteiger partial charge in [0.15, 0.2) is 6.61 Å². The van der Waals surface area contributed by atoms with Gasteiger partial charge in [-0.2, -0.15) is 0 Å². The topological polar surface area (TPSA) is 38.3 Å². The second kappa shape index (κ2) is 6.75. The molecule has 19 heavy (non-hydrogen) atoms. The number of benzene rings is 1. The summed E-state index contributed by atoms with van der Waals surface area (Å²) in [4.78, 5) is 11.8. The van der Waals surface area contributed by atoms with E-state index in [2.05, 4.69) is 37.2 Å². The SMILES string of the molecule is Cc1cc(Br)cc(Br)c1OCC(=O)NC1CCCC1. The predicted octanol–water partition coefficient (Wildman–Crippen LogP) is 3.96. The molecule has 0 unspecified atom stereocenters. The van der Waals surface area contributed by atoms with E-state index in [4.69, 9.17) is 4.74 Å². The largest absolute Gasteiger partial charge is 0.482 e. The highest BCUT2D eigenvalue weighted by Crippen LogP contribution is 2.32. The van der Waals surface area contributed by atoms with Crippen molar-refractivity contribution in [3.63, 3.8) is 0 Å². The number of hydrogen-bond acceptors (Lipinski definition) is 2. The summed E-state index contributed by atoms with van der Waals surface area (Å²) < 4.78 is 7.46. The number of aryl methyl sites for hydroxylation is 1. The highest BCUT2D eigenvalue weighted by molar-refractivity contribution is 9.11. The van der Waals surface area contributed by atoms with Gasteiger partial charge in [-0.25, -0.2) is 0 Å². The van der Waals surface area contributed by atoms with E-state index in [0.29, 0.717) is 6.04 Å². The molecule has 0 saturated heterocycles. The number of amides is 1. The molecule has 1 aromatic carbocycles. The molecule has 0 aliphatic heterocycles. The number of hydrogen-bond donors (Lipinski definition) is 1. The second-order valence-electron chi connectivity index (χ2n) is 4.87. The maximum atomic E-state index is 11.8. The summed E-state index contributed by atoms with van der Waals surface area (Å²) in [7, 11) is 0. The van der Waals surface area contributed by atoms with Crippen molar-refractivity contribution in [2.24, 2.45) is 0 Å². The molecule has 1 aliphatic rings. The maximum absolute atomic E-state index is 11.8. The van der Waals surface area contributed by atoms with Crippen LogP contribution in [-0.2, 0) is 4.79 Å². The van der Waals surface area contributed by atoms with Crippen LogP contribution in [0.2, 0.25) is 0 Å².